The van der Waals surface area contributed by atoms with Gasteiger partial charge in [-0.05, 0) is 45.6 Å². The molecule has 0 bridgehead atoms. The summed E-state index contributed by atoms with van der Waals surface area (Å²) in [7, 11) is 1.95. The van der Waals surface area contributed by atoms with Crippen LogP contribution in [0.2, 0.25) is 0 Å². The van der Waals surface area contributed by atoms with E-state index in [0.717, 1.165) is 29.5 Å². The van der Waals surface area contributed by atoms with Crippen molar-refractivity contribution in [3.8, 4) is 5.75 Å². The van der Waals surface area contributed by atoms with E-state index >= 15 is 0 Å². The van der Waals surface area contributed by atoms with Gasteiger partial charge in [0.2, 0.25) is 0 Å². The van der Waals surface area contributed by atoms with Gasteiger partial charge in [0.1, 0.15) is 5.75 Å². The average Bonchev–Trinajstić information content (AvgIpc) is 2.36. The molecule has 1 heterocycles. The molecule has 1 saturated carbocycles. The van der Waals surface area contributed by atoms with Crippen LogP contribution in [0.25, 0.3) is 0 Å². The van der Waals surface area contributed by atoms with Gasteiger partial charge < -0.3 is 10.1 Å². The Morgan fingerprint density at radius 1 is 1.33 bits per heavy atom. The summed E-state index contributed by atoms with van der Waals surface area (Å²) < 4.78 is 6.19. The molecular formula is C15H24N2O. The molecule has 0 spiro atoms. The third-order valence-electron chi connectivity index (χ3n) is 3.70. The normalized spacial score (nSPS) is 23.9. The van der Waals surface area contributed by atoms with Crippen molar-refractivity contribution in [2.75, 3.05) is 7.05 Å². The van der Waals surface area contributed by atoms with E-state index in [9.17, 15) is 0 Å². The minimum atomic E-state index is 0.388. The highest BCUT2D eigenvalue weighted by molar-refractivity contribution is 5.33. The first-order valence-electron chi connectivity index (χ1n) is 6.96. The van der Waals surface area contributed by atoms with Gasteiger partial charge in [0, 0.05) is 30.1 Å². The minimum Gasteiger partial charge on any atom is -0.490 e. The van der Waals surface area contributed by atoms with E-state index in [0.29, 0.717) is 6.10 Å². The summed E-state index contributed by atoms with van der Waals surface area (Å²) in [5.41, 5.74) is 2.18. The van der Waals surface area contributed by atoms with Gasteiger partial charge in [0.05, 0.1) is 6.10 Å². The largest absolute Gasteiger partial charge is 0.490 e. The number of hydrogen-bond donors (Lipinski definition) is 1. The van der Waals surface area contributed by atoms with Gasteiger partial charge in [-0.25, -0.2) is 0 Å². The number of ether oxygens (including phenoxy) is 1. The predicted molar refractivity (Wildman–Crippen MR) is 73.8 cm³/mol. The van der Waals surface area contributed by atoms with Crippen LogP contribution in [0.5, 0.6) is 5.75 Å². The van der Waals surface area contributed by atoms with Gasteiger partial charge >= 0.3 is 0 Å². The second-order valence-corrected chi connectivity index (χ2v) is 5.46. The molecule has 0 amide bonds. The Kier molecular flexibility index (Phi) is 4.59. The van der Waals surface area contributed by atoms with Crippen molar-refractivity contribution >= 4 is 0 Å². The average molecular weight is 248 g/mol. The monoisotopic (exact) mass is 248 g/mol. The maximum Gasteiger partial charge on any atom is 0.127 e. The first-order chi connectivity index (χ1) is 8.69. The Bertz CT molecular complexity index is 384. The van der Waals surface area contributed by atoms with Gasteiger partial charge in [0.25, 0.3) is 0 Å². The zero-order valence-corrected chi connectivity index (χ0v) is 11.7. The number of aryl methyl sites for hydroxylation is 1. The molecule has 0 unspecified atom stereocenters. The molecule has 3 heteroatoms. The highest BCUT2D eigenvalue weighted by atomic mass is 16.5. The van der Waals surface area contributed by atoms with Gasteiger partial charge in [-0.2, -0.15) is 0 Å². The number of nitrogens with one attached hydrogen (secondary N) is 1. The lowest BCUT2D eigenvalue weighted by molar-refractivity contribution is 0.134. The fourth-order valence-electron chi connectivity index (χ4n) is 2.52. The second kappa shape index (κ2) is 6.19. The van der Waals surface area contributed by atoms with Crippen LogP contribution in [0.4, 0.5) is 0 Å². The Hall–Kier alpha value is -1.09. The van der Waals surface area contributed by atoms with Crippen molar-refractivity contribution in [3.63, 3.8) is 0 Å². The molecule has 0 radical (unpaired) electrons. The van der Waals surface area contributed by atoms with E-state index in [1.54, 1.807) is 0 Å². The maximum absolute atomic E-state index is 6.19. The molecule has 1 aliphatic carbocycles. The highest BCUT2D eigenvalue weighted by Crippen LogP contribution is 2.28. The predicted octanol–water partition coefficient (Wildman–Crippen LogP) is 3.07. The van der Waals surface area contributed by atoms with E-state index in [4.69, 9.17) is 4.74 Å². The molecule has 0 atom stereocenters. The zero-order valence-electron chi connectivity index (χ0n) is 11.7. The van der Waals surface area contributed by atoms with Crippen molar-refractivity contribution < 1.29 is 4.74 Å². The van der Waals surface area contributed by atoms with E-state index in [-0.39, 0.29) is 0 Å². The molecular weight excluding hydrogens is 224 g/mol. The molecule has 1 aliphatic rings. The van der Waals surface area contributed by atoms with Crippen molar-refractivity contribution in [3.05, 3.63) is 23.5 Å². The van der Waals surface area contributed by atoms with E-state index in [2.05, 4.69) is 23.3 Å². The lowest BCUT2D eigenvalue weighted by Crippen LogP contribution is -2.24. The fraction of sp³-hybridized carbons (Fsp3) is 0.667. The summed E-state index contributed by atoms with van der Waals surface area (Å²) in [5.74, 6) is 1.87. The molecule has 0 aliphatic heterocycles. The molecule has 1 fully saturated rings. The lowest BCUT2D eigenvalue weighted by Gasteiger charge is -2.27. The van der Waals surface area contributed by atoms with Crippen molar-refractivity contribution in [1.82, 2.24) is 10.3 Å². The topological polar surface area (TPSA) is 34.2 Å². The molecule has 1 aromatic rings. The van der Waals surface area contributed by atoms with Crippen LogP contribution in [0.1, 0.15) is 43.9 Å². The zero-order chi connectivity index (χ0) is 13.0. The fourth-order valence-corrected chi connectivity index (χ4v) is 2.52. The number of rotatable bonds is 4. The molecule has 1 N–H and O–H groups in total. The number of aromatic nitrogens is 1. The van der Waals surface area contributed by atoms with Gasteiger partial charge in [0.15, 0.2) is 0 Å². The van der Waals surface area contributed by atoms with Crippen LogP contribution in [0.15, 0.2) is 12.3 Å². The van der Waals surface area contributed by atoms with Crippen molar-refractivity contribution in [1.29, 1.82) is 0 Å². The third kappa shape index (κ3) is 3.45. The number of pyridine rings is 1. The summed E-state index contributed by atoms with van der Waals surface area (Å²) in [6, 6.07) is 2.06. The lowest BCUT2D eigenvalue weighted by atomic mass is 9.89. The van der Waals surface area contributed by atoms with Crippen LogP contribution in [0, 0.1) is 12.8 Å². The summed E-state index contributed by atoms with van der Waals surface area (Å²) in [5, 5.41) is 3.17. The molecule has 0 aromatic carbocycles. The SMILES string of the molecule is CNCc1cnc(C)cc1OC1CCC(C)CC1. The highest BCUT2D eigenvalue weighted by Gasteiger charge is 2.20. The van der Waals surface area contributed by atoms with Crippen LogP contribution in [-0.4, -0.2) is 18.1 Å². The smallest absolute Gasteiger partial charge is 0.127 e. The van der Waals surface area contributed by atoms with E-state index in [1.165, 1.54) is 25.7 Å². The number of nitrogens with zero attached hydrogens (tertiary/aromatic N) is 1. The number of hydrogen-bond acceptors (Lipinski definition) is 3. The molecule has 100 valence electrons. The first kappa shape index (κ1) is 13.3. The molecule has 3 nitrogen and oxygen atoms in total. The van der Waals surface area contributed by atoms with Crippen LogP contribution in [0.3, 0.4) is 0 Å². The third-order valence-corrected chi connectivity index (χ3v) is 3.70. The Balaban J connectivity index is 2.05. The Labute approximate surface area is 110 Å². The summed E-state index contributed by atoms with van der Waals surface area (Å²) in [6.45, 7) is 5.16. The van der Waals surface area contributed by atoms with Gasteiger partial charge in [-0.1, -0.05) is 6.92 Å². The Morgan fingerprint density at radius 2 is 2.06 bits per heavy atom. The Morgan fingerprint density at radius 3 is 2.72 bits per heavy atom. The van der Waals surface area contributed by atoms with E-state index in [1.807, 2.05) is 20.2 Å². The molecule has 2 rings (SSSR count). The van der Waals surface area contributed by atoms with E-state index < -0.39 is 0 Å². The first-order valence-corrected chi connectivity index (χ1v) is 6.96. The quantitative estimate of drug-likeness (QED) is 0.889. The summed E-state index contributed by atoms with van der Waals surface area (Å²) >= 11 is 0. The summed E-state index contributed by atoms with van der Waals surface area (Å²) in [6.07, 6.45) is 7.25. The maximum atomic E-state index is 6.19. The molecule has 0 saturated heterocycles. The van der Waals surface area contributed by atoms with Gasteiger partial charge in [-0.3, -0.25) is 4.98 Å². The van der Waals surface area contributed by atoms with Gasteiger partial charge in [-0.15, -0.1) is 0 Å². The van der Waals surface area contributed by atoms with Crippen LogP contribution < -0.4 is 10.1 Å². The van der Waals surface area contributed by atoms with Crippen LogP contribution >= 0.6 is 0 Å². The van der Waals surface area contributed by atoms with Crippen molar-refractivity contribution in [2.24, 2.45) is 5.92 Å². The van der Waals surface area contributed by atoms with Crippen molar-refractivity contribution in [2.45, 2.75) is 52.2 Å². The van der Waals surface area contributed by atoms with Crippen LogP contribution in [-0.2, 0) is 6.54 Å². The molecule has 18 heavy (non-hydrogen) atoms. The summed E-state index contributed by atoms with van der Waals surface area (Å²) in [4.78, 5) is 4.34. The second-order valence-electron chi connectivity index (χ2n) is 5.46. The minimum absolute atomic E-state index is 0.388. The standard InChI is InChI=1S/C15H24N2O/c1-11-4-6-14(7-5-11)18-15-8-12(2)17-10-13(15)9-16-3/h8,10-11,14,16H,4-7,9H2,1-3H3. The molecule has 1 aromatic heterocycles.